The van der Waals surface area contributed by atoms with Crippen molar-refractivity contribution in [3.63, 3.8) is 0 Å². The summed E-state index contributed by atoms with van der Waals surface area (Å²) in [5.41, 5.74) is 1.18. The van der Waals surface area contributed by atoms with Crippen molar-refractivity contribution in [3.8, 4) is 5.75 Å². The Morgan fingerprint density at radius 3 is 2.48 bits per heavy atom. The molecule has 11 heteroatoms. The third-order valence-electron chi connectivity index (χ3n) is 7.41. The monoisotopic (exact) mass is 636 g/mol. The second-order valence-corrected chi connectivity index (χ2v) is 14.2. The van der Waals surface area contributed by atoms with Gasteiger partial charge in [0.2, 0.25) is 0 Å². The molecule has 0 unspecified atom stereocenters. The molecule has 42 heavy (non-hydrogen) atoms. The first-order valence-corrected chi connectivity index (χ1v) is 16.0. The molecule has 2 aliphatic heterocycles. The van der Waals surface area contributed by atoms with Gasteiger partial charge in [-0.2, -0.15) is 0 Å². The molecule has 2 aliphatic rings. The van der Waals surface area contributed by atoms with E-state index in [-0.39, 0.29) is 24.5 Å². The van der Waals surface area contributed by atoms with Crippen molar-refractivity contribution in [1.82, 2.24) is 9.62 Å². The largest absolute Gasteiger partial charge is 0.598 e. The van der Waals surface area contributed by atoms with Crippen molar-refractivity contribution < 1.29 is 28.4 Å². The number of amides is 1. The average molecular weight is 638 g/mol. The summed E-state index contributed by atoms with van der Waals surface area (Å²) in [6.07, 6.45) is 1.88. The maximum Gasteiger partial charge on any atom is 0.338 e. The number of esters is 1. The zero-order valence-corrected chi connectivity index (χ0v) is 26.5. The van der Waals surface area contributed by atoms with Gasteiger partial charge in [0.05, 0.1) is 28.3 Å². The third-order valence-corrected chi connectivity index (χ3v) is 9.71. The first-order valence-electron chi connectivity index (χ1n) is 14.1. The number of benzene rings is 2. The van der Waals surface area contributed by atoms with E-state index in [2.05, 4.69) is 11.3 Å². The Morgan fingerprint density at radius 2 is 1.83 bits per heavy atom. The highest BCUT2D eigenvalue weighted by atomic mass is 35.5. The molecule has 0 radical (unpaired) electrons. The van der Waals surface area contributed by atoms with Gasteiger partial charge in [-0.05, 0) is 57.7 Å². The van der Waals surface area contributed by atoms with E-state index < -0.39 is 34.3 Å². The molecule has 2 aromatic carbocycles. The number of nitrogens with zero attached hydrogens (tertiary/aromatic N) is 1. The van der Waals surface area contributed by atoms with Crippen LogP contribution in [-0.4, -0.2) is 64.6 Å². The number of hydrogen-bond donors (Lipinski definition) is 1. The number of piperidine rings is 1. The Kier molecular flexibility index (Phi) is 11.2. The zero-order chi connectivity index (χ0) is 30.4. The Morgan fingerprint density at radius 1 is 1.17 bits per heavy atom. The molecular formula is C31H38Cl2N2O6S. The molecule has 2 aromatic rings. The lowest BCUT2D eigenvalue weighted by atomic mass is 9.85. The summed E-state index contributed by atoms with van der Waals surface area (Å²) in [7, 11) is 0. The van der Waals surface area contributed by atoms with Crippen LogP contribution in [0.3, 0.4) is 0 Å². The summed E-state index contributed by atoms with van der Waals surface area (Å²) in [6, 6.07) is 11.8. The molecule has 2 fully saturated rings. The lowest BCUT2D eigenvalue weighted by Gasteiger charge is -2.39. The molecule has 1 N–H and O–H groups in total. The van der Waals surface area contributed by atoms with Crippen LogP contribution < -0.4 is 9.46 Å². The summed E-state index contributed by atoms with van der Waals surface area (Å²) >= 11 is 11.4. The van der Waals surface area contributed by atoms with Crippen molar-refractivity contribution in [1.29, 1.82) is 0 Å². The highest BCUT2D eigenvalue weighted by Crippen LogP contribution is 2.41. The third kappa shape index (κ3) is 8.01. The minimum absolute atomic E-state index is 0.0138. The molecule has 0 bridgehead atoms. The smallest absolute Gasteiger partial charge is 0.338 e. The van der Waals surface area contributed by atoms with Crippen LogP contribution in [0.2, 0.25) is 10.0 Å². The van der Waals surface area contributed by atoms with Gasteiger partial charge in [-0.15, -0.1) is 4.72 Å². The van der Waals surface area contributed by atoms with Crippen molar-refractivity contribution in [2.75, 3.05) is 26.3 Å². The Labute approximate surface area is 261 Å². The fourth-order valence-corrected chi connectivity index (χ4v) is 6.33. The van der Waals surface area contributed by atoms with E-state index in [0.29, 0.717) is 60.3 Å². The van der Waals surface area contributed by atoms with Crippen LogP contribution in [0.4, 0.5) is 0 Å². The first-order chi connectivity index (χ1) is 20.0. The highest BCUT2D eigenvalue weighted by molar-refractivity contribution is 7.90. The minimum atomic E-state index is -1.39. The van der Waals surface area contributed by atoms with E-state index in [1.165, 1.54) is 0 Å². The van der Waals surface area contributed by atoms with Crippen LogP contribution in [0.25, 0.3) is 0 Å². The van der Waals surface area contributed by atoms with Crippen molar-refractivity contribution in [2.45, 2.75) is 63.0 Å². The molecule has 0 aliphatic carbocycles. The summed E-state index contributed by atoms with van der Waals surface area (Å²) in [5, 5.41) is 0.725. The van der Waals surface area contributed by atoms with Gasteiger partial charge in [-0.25, -0.2) is 4.79 Å². The van der Waals surface area contributed by atoms with Gasteiger partial charge in [0, 0.05) is 42.5 Å². The van der Waals surface area contributed by atoms with Crippen LogP contribution in [-0.2, 0) is 25.6 Å². The second kappa shape index (κ2) is 14.5. The van der Waals surface area contributed by atoms with E-state index in [4.69, 9.17) is 37.4 Å². The Bertz CT molecular complexity index is 1250. The summed E-state index contributed by atoms with van der Waals surface area (Å²) in [4.78, 5) is 27.9. The van der Waals surface area contributed by atoms with E-state index in [1.54, 1.807) is 47.4 Å². The number of carbonyl (C=O) groups excluding carboxylic acids is 2. The Balaban J connectivity index is 1.48. The fourth-order valence-electron chi connectivity index (χ4n) is 5.10. The van der Waals surface area contributed by atoms with E-state index in [1.807, 2.05) is 26.8 Å². The van der Waals surface area contributed by atoms with Gasteiger partial charge in [-0.1, -0.05) is 54.1 Å². The number of carbonyl (C=O) groups is 2. The fraction of sp³-hybridized carbons (Fsp3) is 0.484. The normalized spacial score (nSPS) is 21.0. The average Bonchev–Trinajstić information content (AvgIpc) is 3.44. The lowest BCUT2D eigenvalue weighted by Crippen LogP contribution is -2.50. The van der Waals surface area contributed by atoms with Gasteiger partial charge < -0.3 is 23.7 Å². The van der Waals surface area contributed by atoms with E-state index in [9.17, 15) is 14.1 Å². The molecule has 4 rings (SSSR count). The molecule has 2 saturated heterocycles. The van der Waals surface area contributed by atoms with E-state index in [0.717, 1.165) is 5.56 Å². The molecule has 0 saturated carbocycles. The SMILES string of the molecule is C=CCOc1cc(Cl)c(Cl)cc1[C@H](N[S@@+]([O-])C(C)(C)C)C1CCN(C(=O)[C@@H]2OCC[C@@H]2OC(=O)c2ccccc2)CC1. The van der Waals surface area contributed by atoms with Crippen LogP contribution >= 0.6 is 23.2 Å². The van der Waals surface area contributed by atoms with Crippen LogP contribution in [0, 0.1) is 5.92 Å². The summed E-state index contributed by atoms with van der Waals surface area (Å²) in [5.74, 6) is -0.114. The predicted octanol–water partition coefficient (Wildman–Crippen LogP) is 5.90. The number of likely N-dealkylation sites (tertiary alicyclic amines) is 1. The second-order valence-electron chi connectivity index (χ2n) is 11.4. The topological polar surface area (TPSA) is 100 Å². The Hall–Kier alpha value is -2.27. The molecule has 1 amide bonds. The van der Waals surface area contributed by atoms with Gasteiger partial charge in [0.1, 0.15) is 23.2 Å². The zero-order valence-electron chi connectivity index (χ0n) is 24.1. The first kappa shape index (κ1) is 32.6. The molecule has 0 aromatic heterocycles. The molecule has 8 nitrogen and oxygen atoms in total. The number of rotatable bonds is 10. The standard InChI is InChI=1S/C31H38Cl2N2O6S/c1-5-16-39-26-19-24(33)23(32)18-22(26)27(34-42(38)31(2,3)4)20-11-14-35(15-12-20)29(36)28-25(13-17-40-28)41-30(37)21-9-7-6-8-10-21/h5-10,18-20,25,27-28,34H,1,11-17H2,2-4H3/t25-,27+,28+,42-/m0/s1. The maximum absolute atomic E-state index is 13.5. The highest BCUT2D eigenvalue weighted by Gasteiger charge is 2.42. The summed E-state index contributed by atoms with van der Waals surface area (Å²) < 4.78 is 33.5. The van der Waals surface area contributed by atoms with Crippen molar-refractivity contribution in [3.05, 3.63) is 76.3 Å². The molecule has 228 valence electrons. The van der Waals surface area contributed by atoms with Gasteiger partial charge >= 0.3 is 5.97 Å². The van der Waals surface area contributed by atoms with Crippen LogP contribution in [0.15, 0.2) is 55.1 Å². The molecule has 2 heterocycles. The molecule has 4 atom stereocenters. The minimum Gasteiger partial charge on any atom is -0.598 e. The van der Waals surface area contributed by atoms with E-state index >= 15 is 0 Å². The molecule has 0 spiro atoms. The van der Waals surface area contributed by atoms with Gasteiger partial charge in [-0.3, -0.25) is 4.79 Å². The van der Waals surface area contributed by atoms with Crippen molar-refractivity contribution in [2.24, 2.45) is 5.92 Å². The summed E-state index contributed by atoms with van der Waals surface area (Å²) in [6.45, 7) is 11.0. The van der Waals surface area contributed by atoms with Crippen LogP contribution in [0.1, 0.15) is 62.0 Å². The van der Waals surface area contributed by atoms with Crippen LogP contribution in [0.5, 0.6) is 5.75 Å². The number of hydrogen-bond acceptors (Lipinski definition) is 7. The van der Waals surface area contributed by atoms with Crippen molar-refractivity contribution >= 4 is 46.4 Å². The molecular weight excluding hydrogens is 599 g/mol. The lowest BCUT2D eigenvalue weighted by molar-refractivity contribution is -0.146. The van der Waals surface area contributed by atoms with Gasteiger partial charge in [0.25, 0.3) is 5.91 Å². The van der Waals surface area contributed by atoms with Gasteiger partial charge in [0.15, 0.2) is 6.10 Å². The number of nitrogens with one attached hydrogen (secondary N) is 1. The number of halogens is 2. The maximum atomic E-state index is 13.5. The quantitative estimate of drug-likeness (QED) is 0.197. The predicted molar refractivity (Wildman–Crippen MR) is 165 cm³/mol. The number of ether oxygens (including phenoxy) is 3.